The molecule has 0 atom stereocenters. The second-order valence-corrected chi connectivity index (χ2v) is 5.34. The van der Waals surface area contributed by atoms with Crippen LogP contribution in [0.1, 0.15) is 30.0 Å². The molecular weight excluding hydrogens is 272 g/mol. The summed E-state index contributed by atoms with van der Waals surface area (Å²) in [6.45, 7) is 5.58. The van der Waals surface area contributed by atoms with Gasteiger partial charge in [0.15, 0.2) is 0 Å². The Morgan fingerprint density at radius 1 is 0.909 bits per heavy atom. The van der Waals surface area contributed by atoms with E-state index in [0.29, 0.717) is 5.75 Å². The van der Waals surface area contributed by atoms with Crippen molar-refractivity contribution in [3.8, 4) is 5.75 Å². The minimum absolute atomic E-state index is 0.431. The summed E-state index contributed by atoms with van der Waals surface area (Å²) in [4.78, 5) is 11.1. The number of carbonyl (C=O) groups excluding carboxylic acids is 1. The van der Waals surface area contributed by atoms with Crippen LogP contribution >= 0.6 is 0 Å². The molecule has 0 radical (unpaired) electrons. The number of aryl methyl sites for hydroxylation is 3. The summed E-state index contributed by atoms with van der Waals surface area (Å²) < 4.78 is 5.06. The Balaban J connectivity index is 1.88. The maximum atomic E-state index is 11.1. The normalized spacial score (nSPS) is 10.2. The zero-order valence-corrected chi connectivity index (χ0v) is 13.0. The second kappa shape index (κ2) is 8.18. The van der Waals surface area contributed by atoms with Crippen molar-refractivity contribution in [2.24, 2.45) is 0 Å². The van der Waals surface area contributed by atoms with Crippen LogP contribution < -0.4 is 4.74 Å². The van der Waals surface area contributed by atoms with Gasteiger partial charge in [-0.15, -0.1) is 0 Å². The molecule has 0 amide bonds. The molecule has 2 aromatic rings. The van der Waals surface area contributed by atoms with Gasteiger partial charge in [0, 0.05) is 6.08 Å². The zero-order chi connectivity index (χ0) is 15.8. The lowest BCUT2D eigenvalue weighted by atomic mass is 10.0. The van der Waals surface area contributed by atoms with Crippen molar-refractivity contribution in [1.29, 1.82) is 0 Å². The molecule has 0 unspecified atom stereocenters. The molecule has 0 aliphatic carbocycles. The van der Waals surface area contributed by atoms with E-state index in [0.717, 1.165) is 25.3 Å². The van der Waals surface area contributed by atoms with Gasteiger partial charge >= 0.3 is 5.97 Å². The predicted molar refractivity (Wildman–Crippen MR) is 90.1 cm³/mol. The molecule has 0 spiro atoms. The van der Waals surface area contributed by atoms with Gasteiger partial charge < -0.3 is 4.74 Å². The molecule has 2 rings (SSSR count). The number of hydrogen-bond acceptors (Lipinski definition) is 2. The first-order valence-electron chi connectivity index (χ1n) is 7.72. The first-order valence-corrected chi connectivity index (χ1v) is 7.72. The van der Waals surface area contributed by atoms with Crippen LogP contribution in [-0.4, -0.2) is 5.97 Å². The molecule has 0 saturated heterocycles. The first-order chi connectivity index (χ1) is 10.7. The van der Waals surface area contributed by atoms with Crippen LogP contribution in [0.3, 0.4) is 0 Å². The molecule has 0 aliphatic heterocycles. The Kier molecular flexibility index (Phi) is 5.96. The SMILES string of the molecule is C=CC(=O)Oc1ccc(CCc2ccc(CCC)cc2)cc1. The number of hydrogen-bond donors (Lipinski definition) is 0. The third kappa shape index (κ3) is 4.88. The van der Waals surface area contributed by atoms with Crippen molar-refractivity contribution in [3.05, 3.63) is 77.9 Å². The fourth-order valence-electron chi connectivity index (χ4n) is 2.33. The number of benzene rings is 2. The van der Waals surface area contributed by atoms with Crippen molar-refractivity contribution < 1.29 is 9.53 Å². The summed E-state index contributed by atoms with van der Waals surface area (Å²) in [5, 5.41) is 0. The molecule has 0 fully saturated rings. The zero-order valence-electron chi connectivity index (χ0n) is 13.0. The molecule has 114 valence electrons. The minimum atomic E-state index is -0.431. The van der Waals surface area contributed by atoms with Crippen LogP contribution in [0.5, 0.6) is 5.75 Å². The molecule has 0 saturated carbocycles. The highest BCUT2D eigenvalue weighted by Crippen LogP contribution is 2.15. The lowest BCUT2D eigenvalue weighted by Gasteiger charge is -2.06. The van der Waals surface area contributed by atoms with Crippen LogP contribution in [-0.2, 0) is 24.1 Å². The van der Waals surface area contributed by atoms with Crippen molar-refractivity contribution in [2.75, 3.05) is 0 Å². The van der Waals surface area contributed by atoms with E-state index in [1.54, 1.807) is 0 Å². The van der Waals surface area contributed by atoms with Crippen LogP contribution in [0.15, 0.2) is 61.2 Å². The topological polar surface area (TPSA) is 26.3 Å². The largest absolute Gasteiger partial charge is 0.423 e. The van der Waals surface area contributed by atoms with E-state index >= 15 is 0 Å². The lowest BCUT2D eigenvalue weighted by Crippen LogP contribution is -2.02. The van der Waals surface area contributed by atoms with Gasteiger partial charge in [0.05, 0.1) is 0 Å². The number of rotatable bonds is 7. The van der Waals surface area contributed by atoms with Gasteiger partial charge in [-0.25, -0.2) is 4.79 Å². The van der Waals surface area contributed by atoms with Crippen LogP contribution in [0.4, 0.5) is 0 Å². The fraction of sp³-hybridized carbons (Fsp3) is 0.250. The van der Waals surface area contributed by atoms with Gasteiger partial charge in [-0.2, -0.15) is 0 Å². The second-order valence-electron chi connectivity index (χ2n) is 5.34. The third-order valence-electron chi connectivity index (χ3n) is 3.57. The third-order valence-corrected chi connectivity index (χ3v) is 3.57. The van der Waals surface area contributed by atoms with Crippen LogP contribution in [0, 0.1) is 0 Å². The number of esters is 1. The molecule has 0 aliphatic rings. The first kappa shape index (κ1) is 16.0. The summed E-state index contributed by atoms with van der Waals surface area (Å²) in [7, 11) is 0. The van der Waals surface area contributed by atoms with Gasteiger partial charge in [0.25, 0.3) is 0 Å². The maximum Gasteiger partial charge on any atom is 0.335 e. The Bertz CT molecular complexity index is 609. The molecule has 2 nitrogen and oxygen atoms in total. The predicted octanol–water partition coefficient (Wildman–Crippen LogP) is 4.52. The Hall–Kier alpha value is -2.35. The van der Waals surface area contributed by atoms with Crippen molar-refractivity contribution in [3.63, 3.8) is 0 Å². The van der Waals surface area contributed by atoms with Gasteiger partial charge in [-0.1, -0.05) is 56.3 Å². The van der Waals surface area contributed by atoms with Gasteiger partial charge in [0.2, 0.25) is 0 Å². The summed E-state index contributed by atoms with van der Waals surface area (Å²) >= 11 is 0. The summed E-state index contributed by atoms with van der Waals surface area (Å²) in [5.74, 6) is 0.123. The average molecular weight is 294 g/mol. The lowest BCUT2D eigenvalue weighted by molar-refractivity contribution is -0.128. The van der Waals surface area contributed by atoms with Gasteiger partial charge in [-0.05, 0) is 48.1 Å². The highest BCUT2D eigenvalue weighted by Gasteiger charge is 2.01. The van der Waals surface area contributed by atoms with Crippen molar-refractivity contribution in [2.45, 2.75) is 32.6 Å². The number of carbonyl (C=O) groups is 1. The summed E-state index contributed by atoms with van der Waals surface area (Å²) in [5.41, 5.74) is 3.98. The van der Waals surface area contributed by atoms with E-state index in [9.17, 15) is 4.79 Å². The molecule has 0 aromatic heterocycles. The van der Waals surface area contributed by atoms with E-state index in [4.69, 9.17) is 4.74 Å². The Morgan fingerprint density at radius 2 is 1.36 bits per heavy atom. The smallest absolute Gasteiger partial charge is 0.335 e. The molecule has 0 heterocycles. The van der Waals surface area contributed by atoms with E-state index in [-0.39, 0.29) is 0 Å². The molecule has 0 bridgehead atoms. The van der Waals surface area contributed by atoms with E-state index in [2.05, 4.69) is 37.8 Å². The molecule has 22 heavy (non-hydrogen) atoms. The molecule has 2 aromatic carbocycles. The Labute approximate surface area is 132 Å². The van der Waals surface area contributed by atoms with Gasteiger partial charge in [0.1, 0.15) is 5.75 Å². The Morgan fingerprint density at radius 3 is 1.82 bits per heavy atom. The monoisotopic (exact) mass is 294 g/mol. The van der Waals surface area contributed by atoms with Crippen LogP contribution in [0.25, 0.3) is 0 Å². The van der Waals surface area contributed by atoms with E-state index in [1.807, 2.05) is 24.3 Å². The van der Waals surface area contributed by atoms with Crippen LogP contribution in [0.2, 0.25) is 0 Å². The minimum Gasteiger partial charge on any atom is -0.423 e. The highest BCUT2D eigenvalue weighted by molar-refractivity contribution is 5.83. The highest BCUT2D eigenvalue weighted by atomic mass is 16.5. The van der Waals surface area contributed by atoms with E-state index in [1.165, 1.54) is 23.1 Å². The molecular formula is C20H22O2. The van der Waals surface area contributed by atoms with Crippen molar-refractivity contribution >= 4 is 5.97 Å². The van der Waals surface area contributed by atoms with E-state index < -0.39 is 5.97 Å². The maximum absolute atomic E-state index is 11.1. The molecule has 2 heteroatoms. The molecule has 0 N–H and O–H groups in total. The quantitative estimate of drug-likeness (QED) is 0.426. The standard InChI is InChI=1S/C20H22O2/c1-3-5-16-6-8-17(9-7-16)10-11-18-12-14-19(15-13-18)22-20(21)4-2/h4,6-9,12-15H,2-3,5,10-11H2,1H3. The summed E-state index contributed by atoms with van der Waals surface area (Å²) in [6.07, 6.45) is 5.48. The number of ether oxygens (including phenoxy) is 1. The van der Waals surface area contributed by atoms with Crippen molar-refractivity contribution in [1.82, 2.24) is 0 Å². The average Bonchev–Trinajstić information content (AvgIpc) is 2.56. The van der Waals surface area contributed by atoms with Gasteiger partial charge in [-0.3, -0.25) is 0 Å². The fourth-order valence-corrected chi connectivity index (χ4v) is 2.33. The summed E-state index contributed by atoms with van der Waals surface area (Å²) in [6, 6.07) is 16.5.